The number of benzene rings is 2. The van der Waals surface area contributed by atoms with Gasteiger partial charge in [0.2, 0.25) is 5.95 Å². The Bertz CT molecular complexity index is 1340. The molecule has 178 valence electrons. The van der Waals surface area contributed by atoms with Gasteiger partial charge in [0, 0.05) is 48.1 Å². The third kappa shape index (κ3) is 4.16. The smallest absolute Gasteiger partial charge is 0.225 e. The summed E-state index contributed by atoms with van der Waals surface area (Å²) in [6.07, 6.45) is 5.08. The van der Waals surface area contributed by atoms with Crippen molar-refractivity contribution >= 4 is 45.2 Å². The molecule has 7 nitrogen and oxygen atoms in total. The number of piperidine rings is 1. The Hall–Kier alpha value is -2.97. The van der Waals surface area contributed by atoms with Gasteiger partial charge >= 0.3 is 0 Å². The predicted octanol–water partition coefficient (Wildman–Crippen LogP) is 5.24. The second kappa shape index (κ2) is 9.35. The van der Waals surface area contributed by atoms with E-state index in [1.54, 1.807) is 6.20 Å². The van der Waals surface area contributed by atoms with E-state index >= 15 is 4.39 Å². The second-order valence-corrected chi connectivity index (χ2v) is 9.59. The molecule has 0 unspecified atom stereocenters. The van der Waals surface area contributed by atoms with Crippen LogP contribution >= 0.6 is 11.6 Å². The van der Waals surface area contributed by atoms with Crippen molar-refractivity contribution in [3.8, 4) is 11.1 Å². The fourth-order valence-electron chi connectivity index (χ4n) is 4.68. The van der Waals surface area contributed by atoms with E-state index < -0.39 is 5.82 Å². The molecule has 0 radical (unpaired) electrons. The topological polar surface area (TPSA) is 73.0 Å². The first-order valence-electron chi connectivity index (χ1n) is 11.7. The largest absolute Gasteiger partial charge is 0.356 e. The Morgan fingerprint density at radius 2 is 1.91 bits per heavy atom. The molecule has 1 saturated heterocycles. The standard InChI is InChI=1S/C25H29ClFN7/c1-15-7-8-19-17(14-29-32-19)20(15)21-18(26)13-16-23(22(21)27)30-25(28-9-12-33(2)3)31-24(16)34-10-5-4-6-11-34/h7-8,13-14H,4-6,9-12H2,1-3H3,(H,29,32)(H,28,30,31). The zero-order chi connectivity index (χ0) is 23.8. The molecular weight excluding hydrogens is 453 g/mol. The number of hydrogen-bond donors (Lipinski definition) is 2. The van der Waals surface area contributed by atoms with E-state index in [0.29, 0.717) is 28.5 Å². The summed E-state index contributed by atoms with van der Waals surface area (Å²) in [5.41, 5.74) is 3.11. The van der Waals surface area contributed by atoms with E-state index in [2.05, 4.69) is 30.3 Å². The molecule has 2 aromatic carbocycles. The fraction of sp³-hybridized carbons (Fsp3) is 0.400. The first-order chi connectivity index (χ1) is 16.4. The van der Waals surface area contributed by atoms with Gasteiger partial charge in [-0.15, -0.1) is 0 Å². The average Bonchev–Trinajstić information content (AvgIpc) is 3.30. The highest BCUT2D eigenvalue weighted by Crippen LogP contribution is 2.42. The minimum absolute atomic E-state index is 0.280. The minimum atomic E-state index is -0.435. The fourth-order valence-corrected chi connectivity index (χ4v) is 4.97. The number of hydrogen-bond acceptors (Lipinski definition) is 6. The van der Waals surface area contributed by atoms with Gasteiger partial charge in [-0.3, -0.25) is 5.10 Å². The van der Waals surface area contributed by atoms with Crippen LogP contribution in [0.25, 0.3) is 32.9 Å². The molecular formula is C25H29ClFN7. The molecule has 3 heterocycles. The van der Waals surface area contributed by atoms with Crippen molar-refractivity contribution < 1.29 is 4.39 Å². The third-order valence-electron chi connectivity index (χ3n) is 6.44. The van der Waals surface area contributed by atoms with Crippen LogP contribution in [0.1, 0.15) is 24.8 Å². The molecule has 34 heavy (non-hydrogen) atoms. The van der Waals surface area contributed by atoms with Crippen LogP contribution in [0.5, 0.6) is 0 Å². The Balaban J connectivity index is 1.72. The number of nitrogens with zero attached hydrogens (tertiary/aromatic N) is 5. The second-order valence-electron chi connectivity index (χ2n) is 9.18. The van der Waals surface area contributed by atoms with E-state index in [0.717, 1.165) is 60.3 Å². The lowest BCUT2D eigenvalue weighted by atomic mass is 9.95. The quantitative estimate of drug-likeness (QED) is 0.392. The normalized spacial score (nSPS) is 14.5. The summed E-state index contributed by atoms with van der Waals surface area (Å²) in [7, 11) is 4.02. The summed E-state index contributed by atoms with van der Waals surface area (Å²) in [5.74, 6) is 0.735. The predicted molar refractivity (Wildman–Crippen MR) is 137 cm³/mol. The number of anilines is 2. The first-order valence-corrected chi connectivity index (χ1v) is 12.1. The van der Waals surface area contributed by atoms with Crippen molar-refractivity contribution in [3.63, 3.8) is 0 Å². The Kier molecular flexibility index (Phi) is 6.27. The summed E-state index contributed by atoms with van der Waals surface area (Å²) in [5, 5.41) is 12.2. The molecule has 1 aliphatic rings. The van der Waals surface area contributed by atoms with Crippen molar-refractivity contribution in [2.24, 2.45) is 0 Å². The molecule has 2 N–H and O–H groups in total. The summed E-state index contributed by atoms with van der Waals surface area (Å²) < 4.78 is 16.3. The van der Waals surface area contributed by atoms with Gasteiger partial charge < -0.3 is 15.1 Å². The van der Waals surface area contributed by atoms with Crippen LogP contribution in [0, 0.1) is 12.7 Å². The number of rotatable bonds is 6. The van der Waals surface area contributed by atoms with Gasteiger partial charge in [-0.2, -0.15) is 10.1 Å². The first kappa shape index (κ1) is 22.8. The summed E-state index contributed by atoms with van der Waals surface area (Å²) in [6, 6.07) is 5.71. The lowest BCUT2D eigenvalue weighted by Gasteiger charge is -2.29. The number of likely N-dealkylation sites (N-methyl/N-ethyl adjacent to an activating group) is 1. The molecule has 2 aromatic heterocycles. The Labute approximate surface area is 203 Å². The third-order valence-corrected chi connectivity index (χ3v) is 6.74. The highest BCUT2D eigenvalue weighted by molar-refractivity contribution is 6.35. The maximum Gasteiger partial charge on any atom is 0.225 e. The molecule has 0 spiro atoms. The van der Waals surface area contributed by atoms with E-state index in [-0.39, 0.29) is 5.52 Å². The number of halogens is 2. The number of aryl methyl sites for hydroxylation is 1. The molecule has 1 aliphatic heterocycles. The van der Waals surface area contributed by atoms with E-state index in [4.69, 9.17) is 16.6 Å². The minimum Gasteiger partial charge on any atom is -0.356 e. The van der Waals surface area contributed by atoms with Gasteiger partial charge in [0.15, 0.2) is 5.82 Å². The zero-order valence-electron chi connectivity index (χ0n) is 19.8. The van der Waals surface area contributed by atoms with Gasteiger partial charge in [0.25, 0.3) is 0 Å². The SMILES string of the molecule is Cc1ccc2[nH]ncc2c1-c1c(Cl)cc2c(N3CCCCC3)nc(NCCN(C)C)nc2c1F. The number of nitrogens with one attached hydrogen (secondary N) is 2. The molecule has 5 rings (SSSR count). The molecule has 4 aromatic rings. The highest BCUT2D eigenvalue weighted by atomic mass is 35.5. The van der Waals surface area contributed by atoms with Crippen LogP contribution in [0.15, 0.2) is 24.4 Å². The van der Waals surface area contributed by atoms with E-state index in [1.807, 2.05) is 39.2 Å². The monoisotopic (exact) mass is 481 g/mol. The van der Waals surface area contributed by atoms with Crippen molar-refractivity contribution in [2.45, 2.75) is 26.2 Å². The maximum absolute atomic E-state index is 16.3. The lowest BCUT2D eigenvalue weighted by Crippen LogP contribution is -2.31. The summed E-state index contributed by atoms with van der Waals surface area (Å²) in [6.45, 7) is 5.20. The van der Waals surface area contributed by atoms with Gasteiger partial charge in [-0.05, 0) is 58.0 Å². The van der Waals surface area contributed by atoms with E-state index in [1.165, 1.54) is 6.42 Å². The number of aromatic amines is 1. The molecule has 9 heteroatoms. The number of fused-ring (bicyclic) bond motifs is 2. The lowest BCUT2D eigenvalue weighted by molar-refractivity contribution is 0.425. The molecule has 1 fully saturated rings. The van der Waals surface area contributed by atoms with Crippen LogP contribution in [0.2, 0.25) is 5.02 Å². The van der Waals surface area contributed by atoms with Gasteiger partial charge in [0.05, 0.1) is 16.7 Å². The highest BCUT2D eigenvalue weighted by Gasteiger charge is 2.24. The molecule has 0 saturated carbocycles. The molecule has 0 amide bonds. The van der Waals surface area contributed by atoms with Crippen molar-refractivity contribution in [1.29, 1.82) is 0 Å². The molecule has 0 aliphatic carbocycles. The van der Waals surface area contributed by atoms with Crippen LogP contribution in [0.4, 0.5) is 16.2 Å². The van der Waals surface area contributed by atoms with Crippen molar-refractivity contribution in [1.82, 2.24) is 25.1 Å². The molecule has 0 bridgehead atoms. The van der Waals surface area contributed by atoms with Crippen LogP contribution in [0.3, 0.4) is 0 Å². The van der Waals surface area contributed by atoms with Crippen molar-refractivity contribution in [2.75, 3.05) is 50.5 Å². The Morgan fingerprint density at radius 3 is 2.68 bits per heavy atom. The number of aromatic nitrogens is 4. The van der Waals surface area contributed by atoms with Gasteiger partial charge in [0.1, 0.15) is 11.3 Å². The van der Waals surface area contributed by atoms with Crippen LogP contribution in [-0.4, -0.2) is 65.3 Å². The maximum atomic E-state index is 16.3. The Morgan fingerprint density at radius 1 is 1.12 bits per heavy atom. The van der Waals surface area contributed by atoms with E-state index in [9.17, 15) is 0 Å². The van der Waals surface area contributed by atoms with Crippen molar-refractivity contribution in [3.05, 3.63) is 40.8 Å². The number of H-pyrrole nitrogens is 1. The van der Waals surface area contributed by atoms with Gasteiger partial charge in [-0.25, -0.2) is 9.37 Å². The average molecular weight is 482 g/mol. The zero-order valence-corrected chi connectivity index (χ0v) is 20.5. The van der Waals surface area contributed by atoms with Crippen LogP contribution in [-0.2, 0) is 0 Å². The summed E-state index contributed by atoms with van der Waals surface area (Å²) >= 11 is 6.79. The van der Waals surface area contributed by atoms with Gasteiger partial charge in [-0.1, -0.05) is 17.7 Å². The summed E-state index contributed by atoms with van der Waals surface area (Å²) in [4.78, 5) is 13.7. The molecule has 0 atom stereocenters. The van der Waals surface area contributed by atoms with Crippen LogP contribution < -0.4 is 10.2 Å².